The minimum atomic E-state index is -0.387. The third kappa shape index (κ3) is 3.63. The third-order valence-electron chi connectivity index (χ3n) is 4.08. The SMILES string of the molecule is O=C(Nc1cccnc1)c1cc(-c2ccc(F)cc2)n(-c2ccccc2Cl)n1. The Hall–Kier alpha value is -3.51. The summed E-state index contributed by atoms with van der Waals surface area (Å²) in [6.45, 7) is 0. The van der Waals surface area contributed by atoms with Crippen LogP contribution in [0.3, 0.4) is 0 Å². The van der Waals surface area contributed by atoms with Crippen LogP contribution in [-0.2, 0) is 0 Å². The van der Waals surface area contributed by atoms with Crippen molar-refractivity contribution in [3.8, 4) is 16.9 Å². The number of nitrogens with one attached hydrogen (secondary N) is 1. The van der Waals surface area contributed by atoms with E-state index in [4.69, 9.17) is 11.6 Å². The number of pyridine rings is 1. The number of hydrogen-bond donors (Lipinski definition) is 1. The molecule has 0 radical (unpaired) electrons. The molecule has 0 saturated heterocycles. The molecule has 2 aromatic heterocycles. The molecule has 0 aliphatic rings. The Labute approximate surface area is 165 Å². The van der Waals surface area contributed by atoms with E-state index in [0.717, 1.165) is 0 Å². The van der Waals surface area contributed by atoms with Crippen LogP contribution in [-0.4, -0.2) is 20.7 Å². The van der Waals surface area contributed by atoms with E-state index in [9.17, 15) is 9.18 Å². The summed E-state index contributed by atoms with van der Waals surface area (Å²) in [4.78, 5) is 16.6. The molecule has 0 aliphatic heterocycles. The predicted octanol–water partition coefficient (Wildman–Crippen LogP) is 4.98. The standard InChI is InChI=1S/C21H14ClFN4O/c22-17-5-1-2-6-19(17)27-20(14-7-9-15(23)10-8-14)12-18(26-27)21(28)25-16-4-3-11-24-13-16/h1-13H,(H,25,28). The minimum absolute atomic E-state index is 0.197. The zero-order valence-corrected chi connectivity index (χ0v) is 15.3. The number of para-hydroxylation sites is 1. The topological polar surface area (TPSA) is 59.8 Å². The van der Waals surface area contributed by atoms with Crippen LogP contribution < -0.4 is 5.32 Å². The van der Waals surface area contributed by atoms with Gasteiger partial charge in [-0.3, -0.25) is 9.78 Å². The molecule has 138 valence electrons. The number of amides is 1. The molecular formula is C21H14ClFN4O. The maximum atomic E-state index is 13.4. The normalized spacial score (nSPS) is 10.6. The number of halogens is 2. The zero-order chi connectivity index (χ0) is 19.5. The number of carbonyl (C=O) groups excluding carboxylic acids is 1. The average Bonchev–Trinajstić information content (AvgIpc) is 3.15. The Morgan fingerprint density at radius 1 is 1.04 bits per heavy atom. The van der Waals surface area contributed by atoms with Crippen molar-refractivity contribution in [1.82, 2.24) is 14.8 Å². The molecule has 0 unspecified atom stereocenters. The lowest BCUT2D eigenvalue weighted by molar-refractivity contribution is 0.102. The monoisotopic (exact) mass is 392 g/mol. The highest BCUT2D eigenvalue weighted by Gasteiger charge is 2.18. The summed E-state index contributed by atoms with van der Waals surface area (Å²) in [7, 11) is 0. The van der Waals surface area contributed by atoms with Gasteiger partial charge in [0.15, 0.2) is 5.69 Å². The maximum absolute atomic E-state index is 13.4. The van der Waals surface area contributed by atoms with Gasteiger partial charge in [-0.05, 0) is 54.6 Å². The minimum Gasteiger partial charge on any atom is -0.319 e. The lowest BCUT2D eigenvalue weighted by atomic mass is 10.1. The fraction of sp³-hybridized carbons (Fsp3) is 0. The van der Waals surface area contributed by atoms with Crippen molar-refractivity contribution in [3.63, 3.8) is 0 Å². The number of carbonyl (C=O) groups is 1. The Morgan fingerprint density at radius 2 is 1.82 bits per heavy atom. The van der Waals surface area contributed by atoms with Crippen LogP contribution in [0.1, 0.15) is 10.5 Å². The van der Waals surface area contributed by atoms with Gasteiger partial charge >= 0.3 is 0 Å². The van der Waals surface area contributed by atoms with Crippen molar-refractivity contribution in [1.29, 1.82) is 0 Å². The molecule has 0 saturated carbocycles. The molecule has 1 amide bonds. The molecule has 0 spiro atoms. The van der Waals surface area contributed by atoms with E-state index in [1.165, 1.54) is 12.1 Å². The number of anilines is 1. The van der Waals surface area contributed by atoms with E-state index < -0.39 is 0 Å². The first-order valence-corrected chi connectivity index (χ1v) is 8.82. The summed E-state index contributed by atoms with van der Waals surface area (Å²) < 4.78 is 14.9. The second-order valence-electron chi connectivity index (χ2n) is 5.98. The maximum Gasteiger partial charge on any atom is 0.276 e. The van der Waals surface area contributed by atoms with Gasteiger partial charge in [0, 0.05) is 11.8 Å². The molecule has 0 fully saturated rings. The van der Waals surface area contributed by atoms with E-state index in [1.807, 2.05) is 12.1 Å². The first kappa shape index (κ1) is 17.9. The first-order chi connectivity index (χ1) is 13.6. The molecule has 2 heterocycles. The highest BCUT2D eigenvalue weighted by Crippen LogP contribution is 2.28. The largest absolute Gasteiger partial charge is 0.319 e. The molecule has 2 aromatic carbocycles. The second kappa shape index (κ2) is 7.62. The van der Waals surface area contributed by atoms with Gasteiger partial charge in [0.25, 0.3) is 5.91 Å². The molecular weight excluding hydrogens is 379 g/mol. The molecule has 28 heavy (non-hydrogen) atoms. The summed E-state index contributed by atoms with van der Waals surface area (Å²) in [5, 5.41) is 7.68. The van der Waals surface area contributed by atoms with Crippen LogP contribution in [0.4, 0.5) is 10.1 Å². The number of benzene rings is 2. The van der Waals surface area contributed by atoms with E-state index >= 15 is 0 Å². The van der Waals surface area contributed by atoms with Gasteiger partial charge in [-0.2, -0.15) is 5.10 Å². The van der Waals surface area contributed by atoms with Gasteiger partial charge in [-0.25, -0.2) is 9.07 Å². The van der Waals surface area contributed by atoms with Crippen LogP contribution in [0.5, 0.6) is 0 Å². The lowest BCUT2D eigenvalue weighted by Crippen LogP contribution is -2.13. The average molecular weight is 393 g/mol. The molecule has 0 bridgehead atoms. The van der Waals surface area contributed by atoms with Crippen LogP contribution >= 0.6 is 11.6 Å². The molecule has 4 aromatic rings. The summed E-state index contributed by atoms with van der Waals surface area (Å²) >= 11 is 6.33. The van der Waals surface area contributed by atoms with Crippen molar-refractivity contribution in [2.24, 2.45) is 0 Å². The Balaban J connectivity index is 1.79. The van der Waals surface area contributed by atoms with E-state index in [-0.39, 0.29) is 17.4 Å². The van der Waals surface area contributed by atoms with Crippen molar-refractivity contribution in [2.75, 3.05) is 5.32 Å². The van der Waals surface area contributed by atoms with E-state index in [0.29, 0.717) is 27.7 Å². The van der Waals surface area contributed by atoms with Crippen LogP contribution in [0, 0.1) is 5.82 Å². The van der Waals surface area contributed by atoms with Crippen molar-refractivity contribution in [3.05, 3.63) is 95.7 Å². The molecule has 0 aliphatic carbocycles. The smallest absolute Gasteiger partial charge is 0.276 e. The quantitative estimate of drug-likeness (QED) is 0.533. The summed E-state index contributed by atoms with van der Waals surface area (Å²) in [5.74, 6) is -0.732. The lowest BCUT2D eigenvalue weighted by Gasteiger charge is -2.09. The Bertz CT molecular complexity index is 1130. The molecule has 1 N–H and O–H groups in total. The molecule has 5 nitrogen and oxygen atoms in total. The molecule has 4 rings (SSSR count). The van der Waals surface area contributed by atoms with Gasteiger partial charge in [-0.15, -0.1) is 0 Å². The summed E-state index contributed by atoms with van der Waals surface area (Å²) in [6, 6.07) is 18.2. The van der Waals surface area contributed by atoms with E-state index in [2.05, 4.69) is 15.4 Å². The van der Waals surface area contributed by atoms with Gasteiger partial charge in [0.1, 0.15) is 5.82 Å². The van der Waals surface area contributed by atoms with Crippen molar-refractivity contribution >= 4 is 23.2 Å². The predicted molar refractivity (Wildman–Crippen MR) is 106 cm³/mol. The van der Waals surface area contributed by atoms with Crippen molar-refractivity contribution < 1.29 is 9.18 Å². The van der Waals surface area contributed by atoms with Crippen LogP contribution in [0.25, 0.3) is 16.9 Å². The van der Waals surface area contributed by atoms with E-state index in [1.54, 1.807) is 59.5 Å². The third-order valence-corrected chi connectivity index (χ3v) is 4.40. The van der Waals surface area contributed by atoms with Crippen LogP contribution in [0.2, 0.25) is 5.02 Å². The number of nitrogens with zero attached hydrogens (tertiary/aromatic N) is 3. The first-order valence-electron chi connectivity index (χ1n) is 8.44. The number of hydrogen-bond acceptors (Lipinski definition) is 3. The van der Waals surface area contributed by atoms with Gasteiger partial charge in [0.05, 0.1) is 28.3 Å². The second-order valence-corrected chi connectivity index (χ2v) is 6.39. The fourth-order valence-corrected chi connectivity index (χ4v) is 2.97. The zero-order valence-electron chi connectivity index (χ0n) is 14.5. The van der Waals surface area contributed by atoms with Gasteiger partial charge < -0.3 is 5.32 Å². The van der Waals surface area contributed by atoms with Crippen LogP contribution in [0.15, 0.2) is 79.1 Å². The van der Waals surface area contributed by atoms with Gasteiger partial charge in [0.2, 0.25) is 0 Å². The highest BCUT2D eigenvalue weighted by molar-refractivity contribution is 6.32. The molecule has 7 heteroatoms. The summed E-state index contributed by atoms with van der Waals surface area (Å²) in [6.07, 6.45) is 3.16. The highest BCUT2D eigenvalue weighted by atomic mass is 35.5. The number of rotatable bonds is 4. The fourth-order valence-electron chi connectivity index (χ4n) is 2.76. The van der Waals surface area contributed by atoms with Crippen molar-refractivity contribution in [2.45, 2.75) is 0 Å². The summed E-state index contributed by atoms with van der Waals surface area (Å²) in [5.41, 5.74) is 2.69. The molecule has 0 atom stereocenters. The van der Waals surface area contributed by atoms with Gasteiger partial charge in [-0.1, -0.05) is 23.7 Å². The Morgan fingerprint density at radius 3 is 2.54 bits per heavy atom. The number of aromatic nitrogens is 3. The Kier molecular flexibility index (Phi) is 4.87.